The topological polar surface area (TPSA) is 77.8 Å². The quantitative estimate of drug-likeness (QED) is 0.896. The number of halogens is 3. The van der Waals surface area contributed by atoms with E-state index in [-0.39, 0.29) is 23.4 Å². The third-order valence-electron chi connectivity index (χ3n) is 2.99. The Morgan fingerprint density at radius 1 is 1.14 bits per heavy atom. The summed E-state index contributed by atoms with van der Waals surface area (Å²) in [4.78, 5) is 23.2. The Balaban J connectivity index is 2.43. The maximum absolute atomic E-state index is 12.7. The van der Waals surface area contributed by atoms with E-state index in [0.29, 0.717) is 0 Å². The van der Waals surface area contributed by atoms with Gasteiger partial charge in [-0.15, -0.1) is 0 Å². The average Bonchev–Trinajstić information content (AvgIpc) is 2.46. The van der Waals surface area contributed by atoms with Gasteiger partial charge < -0.3 is 15.1 Å². The van der Waals surface area contributed by atoms with E-state index < -0.39 is 23.7 Å². The van der Waals surface area contributed by atoms with Gasteiger partial charge in [-0.2, -0.15) is 13.2 Å². The molecule has 2 N–H and O–H groups in total. The molecule has 0 spiro atoms. The molecule has 0 atom stereocenters. The fraction of sp³-hybridized carbons (Fsp3) is 0.143. The SMILES string of the molecule is O=C(O)C1=CN(c2cccc(C(F)(F)F)c2)CC(C(=O)O)=C1. The van der Waals surface area contributed by atoms with Gasteiger partial charge >= 0.3 is 18.1 Å². The number of benzene rings is 1. The average molecular weight is 313 g/mol. The van der Waals surface area contributed by atoms with Crippen molar-refractivity contribution in [1.82, 2.24) is 0 Å². The van der Waals surface area contributed by atoms with Crippen molar-refractivity contribution in [1.29, 1.82) is 0 Å². The smallest absolute Gasteiger partial charge is 0.416 e. The van der Waals surface area contributed by atoms with Crippen molar-refractivity contribution in [2.45, 2.75) is 6.18 Å². The first-order chi connectivity index (χ1) is 10.2. The van der Waals surface area contributed by atoms with E-state index in [1.165, 1.54) is 12.1 Å². The second-order valence-corrected chi connectivity index (χ2v) is 4.54. The highest BCUT2D eigenvalue weighted by Gasteiger charge is 2.31. The molecule has 1 aliphatic heterocycles. The van der Waals surface area contributed by atoms with Gasteiger partial charge in [0, 0.05) is 11.9 Å². The maximum Gasteiger partial charge on any atom is 0.416 e. The second kappa shape index (κ2) is 5.55. The summed E-state index contributed by atoms with van der Waals surface area (Å²) in [6.45, 7) is -0.229. The lowest BCUT2D eigenvalue weighted by Gasteiger charge is -2.25. The van der Waals surface area contributed by atoms with Crippen molar-refractivity contribution in [2.24, 2.45) is 0 Å². The number of carboxylic acids is 2. The van der Waals surface area contributed by atoms with Crippen molar-refractivity contribution in [2.75, 3.05) is 11.4 Å². The van der Waals surface area contributed by atoms with Crippen LogP contribution in [0.1, 0.15) is 5.56 Å². The summed E-state index contributed by atoms with van der Waals surface area (Å²) in [5.74, 6) is -2.70. The number of carboxylic acid groups (broad SMARTS) is 2. The van der Waals surface area contributed by atoms with Gasteiger partial charge in [0.15, 0.2) is 0 Å². The summed E-state index contributed by atoms with van der Waals surface area (Å²) < 4.78 is 38.1. The fourth-order valence-electron chi connectivity index (χ4n) is 1.94. The maximum atomic E-state index is 12.7. The van der Waals surface area contributed by atoms with Gasteiger partial charge in [-0.3, -0.25) is 0 Å². The number of rotatable bonds is 3. The first-order valence-corrected chi connectivity index (χ1v) is 6.01. The van der Waals surface area contributed by atoms with Crippen LogP contribution in [0.3, 0.4) is 0 Å². The zero-order valence-corrected chi connectivity index (χ0v) is 11.0. The van der Waals surface area contributed by atoms with Gasteiger partial charge in [0.25, 0.3) is 0 Å². The monoisotopic (exact) mass is 313 g/mol. The van der Waals surface area contributed by atoms with E-state index in [1.54, 1.807) is 0 Å². The van der Waals surface area contributed by atoms with Gasteiger partial charge in [-0.25, -0.2) is 9.59 Å². The molecule has 8 heteroatoms. The molecule has 0 saturated carbocycles. The molecule has 0 unspecified atom stereocenters. The molecule has 1 heterocycles. The molecule has 2 rings (SSSR count). The summed E-state index contributed by atoms with van der Waals surface area (Å²) in [5.41, 5.74) is -1.39. The van der Waals surface area contributed by atoms with Gasteiger partial charge in [0.1, 0.15) is 0 Å². The molecule has 5 nitrogen and oxygen atoms in total. The zero-order valence-electron chi connectivity index (χ0n) is 11.0. The molecular weight excluding hydrogens is 303 g/mol. The van der Waals surface area contributed by atoms with E-state index >= 15 is 0 Å². The molecule has 0 fully saturated rings. The van der Waals surface area contributed by atoms with Gasteiger partial charge in [-0.05, 0) is 24.3 Å². The van der Waals surface area contributed by atoms with Crippen LogP contribution >= 0.6 is 0 Å². The predicted molar refractivity (Wildman–Crippen MR) is 70.2 cm³/mol. The number of aliphatic carboxylic acids is 2. The molecule has 0 aliphatic carbocycles. The molecule has 0 amide bonds. The van der Waals surface area contributed by atoms with E-state index in [2.05, 4.69) is 0 Å². The molecular formula is C14H10F3NO4. The Bertz CT molecular complexity index is 692. The molecule has 1 aromatic rings. The van der Waals surface area contributed by atoms with Crippen molar-refractivity contribution in [3.63, 3.8) is 0 Å². The highest BCUT2D eigenvalue weighted by molar-refractivity contribution is 5.97. The fourth-order valence-corrected chi connectivity index (χ4v) is 1.94. The Hall–Kier alpha value is -2.77. The van der Waals surface area contributed by atoms with E-state index in [9.17, 15) is 22.8 Å². The number of hydrogen-bond donors (Lipinski definition) is 2. The number of hydrogen-bond acceptors (Lipinski definition) is 3. The highest BCUT2D eigenvalue weighted by Crippen LogP contribution is 2.32. The van der Waals surface area contributed by atoms with Crippen LogP contribution in [0.4, 0.5) is 18.9 Å². The minimum absolute atomic E-state index is 0.0559. The molecule has 0 aromatic heterocycles. The second-order valence-electron chi connectivity index (χ2n) is 4.54. The van der Waals surface area contributed by atoms with Crippen molar-refractivity contribution in [3.8, 4) is 0 Å². The van der Waals surface area contributed by atoms with Crippen LogP contribution in [-0.4, -0.2) is 28.7 Å². The summed E-state index contributed by atoms with van der Waals surface area (Å²) in [7, 11) is 0. The minimum Gasteiger partial charge on any atom is -0.478 e. The lowest BCUT2D eigenvalue weighted by atomic mass is 10.1. The molecule has 22 heavy (non-hydrogen) atoms. The summed E-state index contributed by atoms with van der Waals surface area (Å²) in [5, 5.41) is 18.0. The Morgan fingerprint density at radius 3 is 2.36 bits per heavy atom. The molecule has 0 radical (unpaired) electrons. The normalized spacial score (nSPS) is 15.1. The zero-order chi connectivity index (χ0) is 16.5. The van der Waals surface area contributed by atoms with Crippen molar-refractivity contribution in [3.05, 3.63) is 53.3 Å². The van der Waals surface area contributed by atoms with Gasteiger partial charge in [0.05, 0.1) is 23.3 Å². The van der Waals surface area contributed by atoms with E-state index in [4.69, 9.17) is 10.2 Å². The molecule has 0 saturated heterocycles. The van der Waals surface area contributed by atoms with Crippen LogP contribution in [0, 0.1) is 0 Å². The first-order valence-electron chi connectivity index (χ1n) is 6.01. The lowest BCUT2D eigenvalue weighted by Crippen LogP contribution is -2.28. The molecule has 116 valence electrons. The number of alkyl halides is 3. The van der Waals surface area contributed by atoms with Crippen LogP contribution < -0.4 is 4.90 Å². The molecule has 1 aliphatic rings. The highest BCUT2D eigenvalue weighted by atomic mass is 19.4. The first kappa shape index (κ1) is 15.6. The largest absolute Gasteiger partial charge is 0.478 e. The minimum atomic E-state index is -4.55. The van der Waals surface area contributed by atoms with E-state index in [0.717, 1.165) is 29.3 Å². The van der Waals surface area contributed by atoms with Crippen LogP contribution in [0.15, 0.2) is 47.7 Å². The Kier molecular flexibility index (Phi) is 3.94. The molecule has 0 bridgehead atoms. The molecule has 1 aromatic carbocycles. The predicted octanol–water partition coefficient (Wildman–Crippen LogP) is 2.50. The van der Waals surface area contributed by atoms with Gasteiger partial charge in [0.2, 0.25) is 0 Å². The Morgan fingerprint density at radius 2 is 1.82 bits per heavy atom. The van der Waals surface area contributed by atoms with Crippen molar-refractivity contribution >= 4 is 17.6 Å². The third kappa shape index (κ3) is 3.27. The summed E-state index contributed by atoms with van der Waals surface area (Å²) >= 11 is 0. The number of anilines is 1. The summed E-state index contributed by atoms with van der Waals surface area (Å²) in [6.07, 6.45) is -2.46. The number of nitrogens with zero attached hydrogens (tertiary/aromatic N) is 1. The number of carbonyl (C=O) groups is 2. The Labute approximate surface area is 122 Å². The van der Waals surface area contributed by atoms with Crippen LogP contribution in [0.5, 0.6) is 0 Å². The van der Waals surface area contributed by atoms with Gasteiger partial charge in [-0.1, -0.05) is 6.07 Å². The van der Waals surface area contributed by atoms with Crippen LogP contribution in [0.2, 0.25) is 0 Å². The standard InChI is InChI=1S/C14H10F3NO4/c15-14(16,17)10-2-1-3-11(5-10)18-6-8(12(19)20)4-9(7-18)13(21)22/h1-6H,7H2,(H,19,20)(H,21,22). The summed E-state index contributed by atoms with van der Waals surface area (Å²) in [6, 6.07) is 4.23. The van der Waals surface area contributed by atoms with Crippen LogP contribution in [-0.2, 0) is 15.8 Å². The van der Waals surface area contributed by atoms with Crippen molar-refractivity contribution < 1.29 is 33.0 Å². The lowest BCUT2D eigenvalue weighted by molar-refractivity contribution is -0.137. The van der Waals surface area contributed by atoms with Crippen LogP contribution in [0.25, 0.3) is 0 Å². The van der Waals surface area contributed by atoms with E-state index in [1.807, 2.05) is 0 Å². The third-order valence-corrected chi connectivity index (χ3v) is 2.99.